The minimum atomic E-state index is -3.10. The van der Waals surface area contributed by atoms with Gasteiger partial charge in [-0.15, -0.1) is 12.4 Å². The van der Waals surface area contributed by atoms with Crippen molar-refractivity contribution in [2.45, 2.75) is 57.5 Å². The van der Waals surface area contributed by atoms with Crippen molar-refractivity contribution < 1.29 is 13.2 Å². The van der Waals surface area contributed by atoms with Crippen LogP contribution in [0.1, 0.15) is 46.0 Å². The molecule has 8 heteroatoms. The second kappa shape index (κ2) is 7.95. The van der Waals surface area contributed by atoms with Gasteiger partial charge in [0.15, 0.2) is 0 Å². The standard InChI is InChI=1S/C14H27N3O3S.ClH/c1-3-21(19,20)17-10-6-12(7-11-17)16-13(18)14(2)8-4-5-9-15-14;/h12,15H,3-11H2,1-2H3,(H,16,18);1H. The van der Waals surface area contributed by atoms with E-state index in [-0.39, 0.29) is 30.1 Å². The van der Waals surface area contributed by atoms with Crippen LogP contribution in [0.25, 0.3) is 0 Å². The number of nitrogens with one attached hydrogen (secondary N) is 2. The molecule has 2 saturated heterocycles. The highest BCUT2D eigenvalue weighted by atomic mass is 35.5. The molecule has 0 spiro atoms. The van der Waals surface area contributed by atoms with Crippen LogP contribution in [0.3, 0.4) is 0 Å². The summed E-state index contributed by atoms with van der Waals surface area (Å²) >= 11 is 0. The van der Waals surface area contributed by atoms with Crippen LogP contribution in [0, 0.1) is 0 Å². The second-order valence-electron chi connectivity index (χ2n) is 6.26. The molecule has 1 unspecified atom stereocenters. The molecule has 1 atom stereocenters. The van der Waals surface area contributed by atoms with E-state index in [2.05, 4.69) is 10.6 Å². The van der Waals surface area contributed by atoms with Crippen LogP contribution < -0.4 is 10.6 Å². The number of sulfonamides is 1. The zero-order chi connectivity index (χ0) is 15.5. The van der Waals surface area contributed by atoms with Crippen molar-refractivity contribution >= 4 is 28.3 Å². The van der Waals surface area contributed by atoms with Crippen molar-refractivity contribution in [1.82, 2.24) is 14.9 Å². The van der Waals surface area contributed by atoms with Crippen molar-refractivity contribution in [3.8, 4) is 0 Å². The predicted octanol–water partition coefficient (Wildman–Crippen LogP) is 0.871. The van der Waals surface area contributed by atoms with E-state index >= 15 is 0 Å². The fraction of sp³-hybridized carbons (Fsp3) is 0.929. The van der Waals surface area contributed by atoms with Crippen molar-refractivity contribution in [3.63, 3.8) is 0 Å². The summed E-state index contributed by atoms with van der Waals surface area (Å²) in [5, 5.41) is 6.40. The molecular weight excluding hydrogens is 326 g/mol. The molecule has 2 rings (SSSR count). The molecule has 0 bridgehead atoms. The SMILES string of the molecule is CCS(=O)(=O)N1CCC(NC(=O)C2(C)CCCCN2)CC1.Cl. The number of hydrogen-bond acceptors (Lipinski definition) is 4. The van der Waals surface area contributed by atoms with Gasteiger partial charge < -0.3 is 10.6 Å². The monoisotopic (exact) mass is 353 g/mol. The topological polar surface area (TPSA) is 78.5 Å². The molecule has 0 aliphatic carbocycles. The Kier molecular flexibility index (Phi) is 7.11. The molecular formula is C14H28ClN3O3S. The Morgan fingerprint density at radius 1 is 1.32 bits per heavy atom. The zero-order valence-electron chi connectivity index (χ0n) is 13.4. The molecule has 0 radical (unpaired) electrons. The first-order valence-corrected chi connectivity index (χ1v) is 9.52. The summed E-state index contributed by atoms with van der Waals surface area (Å²) in [6, 6.07) is 0.0846. The lowest BCUT2D eigenvalue weighted by atomic mass is 9.89. The first-order valence-electron chi connectivity index (χ1n) is 7.91. The number of hydrogen-bond donors (Lipinski definition) is 2. The Bertz CT molecular complexity index is 470. The molecule has 0 aromatic rings. The Morgan fingerprint density at radius 2 is 1.95 bits per heavy atom. The zero-order valence-corrected chi connectivity index (χ0v) is 15.1. The Hall–Kier alpha value is -0.370. The number of nitrogens with zero attached hydrogens (tertiary/aromatic N) is 1. The van der Waals surface area contributed by atoms with E-state index in [0.29, 0.717) is 25.9 Å². The van der Waals surface area contributed by atoms with Crippen molar-refractivity contribution in [2.24, 2.45) is 0 Å². The van der Waals surface area contributed by atoms with Gasteiger partial charge in [0.05, 0.1) is 11.3 Å². The van der Waals surface area contributed by atoms with E-state index in [9.17, 15) is 13.2 Å². The van der Waals surface area contributed by atoms with Gasteiger partial charge in [-0.3, -0.25) is 4.79 Å². The molecule has 2 heterocycles. The van der Waals surface area contributed by atoms with Crippen LogP contribution in [-0.4, -0.2) is 55.6 Å². The maximum atomic E-state index is 12.4. The Morgan fingerprint density at radius 3 is 2.45 bits per heavy atom. The van der Waals surface area contributed by atoms with Crippen LogP contribution in [0.5, 0.6) is 0 Å². The largest absolute Gasteiger partial charge is 0.352 e. The average Bonchev–Trinajstić information content (AvgIpc) is 2.48. The van der Waals surface area contributed by atoms with Crippen molar-refractivity contribution in [3.05, 3.63) is 0 Å². The van der Waals surface area contributed by atoms with Gasteiger partial charge in [0.25, 0.3) is 0 Å². The summed E-state index contributed by atoms with van der Waals surface area (Å²) < 4.78 is 25.2. The fourth-order valence-corrected chi connectivity index (χ4v) is 4.19. The molecule has 2 aliphatic heterocycles. The van der Waals surface area contributed by atoms with Gasteiger partial charge in [-0.25, -0.2) is 12.7 Å². The maximum absolute atomic E-state index is 12.4. The molecule has 130 valence electrons. The molecule has 6 nitrogen and oxygen atoms in total. The average molecular weight is 354 g/mol. The summed E-state index contributed by atoms with van der Waals surface area (Å²) in [5.74, 6) is 0.199. The van der Waals surface area contributed by atoms with Crippen molar-refractivity contribution in [1.29, 1.82) is 0 Å². The minimum Gasteiger partial charge on any atom is -0.352 e. The van der Waals surface area contributed by atoms with Gasteiger partial charge in [-0.1, -0.05) is 0 Å². The summed E-state index contributed by atoms with van der Waals surface area (Å²) in [6.45, 7) is 5.52. The van der Waals surface area contributed by atoms with E-state index in [0.717, 1.165) is 25.8 Å². The van der Waals surface area contributed by atoms with Crippen LogP contribution in [0.4, 0.5) is 0 Å². The van der Waals surface area contributed by atoms with E-state index in [1.807, 2.05) is 6.92 Å². The summed E-state index contributed by atoms with van der Waals surface area (Å²) in [5.41, 5.74) is -0.467. The van der Waals surface area contributed by atoms with Gasteiger partial charge in [0.2, 0.25) is 15.9 Å². The fourth-order valence-electron chi connectivity index (χ4n) is 3.06. The van der Waals surface area contributed by atoms with Crippen molar-refractivity contribution in [2.75, 3.05) is 25.4 Å². The molecule has 1 amide bonds. The first-order chi connectivity index (χ1) is 9.87. The number of carbonyl (C=O) groups excluding carboxylic acids is 1. The number of amides is 1. The third-order valence-electron chi connectivity index (χ3n) is 4.67. The maximum Gasteiger partial charge on any atom is 0.240 e. The van der Waals surface area contributed by atoms with Crippen LogP contribution in [0.2, 0.25) is 0 Å². The highest BCUT2D eigenvalue weighted by Crippen LogP contribution is 2.20. The second-order valence-corrected chi connectivity index (χ2v) is 8.52. The van der Waals surface area contributed by atoms with E-state index in [1.165, 1.54) is 4.31 Å². The smallest absolute Gasteiger partial charge is 0.240 e. The number of piperidine rings is 2. The highest BCUT2D eigenvalue weighted by molar-refractivity contribution is 7.89. The first kappa shape index (κ1) is 19.7. The summed E-state index contributed by atoms with van der Waals surface area (Å²) in [4.78, 5) is 12.4. The molecule has 0 aromatic carbocycles. The third kappa shape index (κ3) is 4.57. The van der Waals surface area contributed by atoms with E-state index in [4.69, 9.17) is 0 Å². The third-order valence-corrected chi connectivity index (χ3v) is 6.55. The van der Waals surface area contributed by atoms with Gasteiger partial charge in [-0.2, -0.15) is 0 Å². The predicted molar refractivity (Wildman–Crippen MR) is 89.7 cm³/mol. The quantitative estimate of drug-likeness (QED) is 0.786. The summed E-state index contributed by atoms with van der Waals surface area (Å²) in [6.07, 6.45) is 4.45. The minimum absolute atomic E-state index is 0. The van der Waals surface area contributed by atoms with Crippen LogP contribution in [-0.2, 0) is 14.8 Å². The Labute approximate surface area is 139 Å². The lowest BCUT2D eigenvalue weighted by Crippen LogP contribution is -2.59. The number of halogens is 1. The van der Waals surface area contributed by atoms with Gasteiger partial charge in [-0.05, 0) is 52.5 Å². The number of carbonyl (C=O) groups is 1. The number of rotatable bonds is 4. The molecule has 22 heavy (non-hydrogen) atoms. The van der Waals surface area contributed by atoms with E-state index in [1.54, 1.807) is 6.92 Å². The van der Waals surface area contributed by atoms with Gasteiger partial charge in [0.1, 0.15) is 0 Å². The molecule has 0 saturated carbocycles. The highest BCUT2D eigenvalue weighted by Gasteiger charge is 2.36. The molecule has 2 N–H and O–H groups in total. The molecule has 2 fully saturated rings. The normalized spacial score (nSPS) is 27.9. The van der Waals surface area contributed by atoms with E-state index < -0.39 is 15.6 Å². The Balaban J connectivity index is 0.00000242. The van der Waals surface area contributed by atoms with Gasteiger partial charge >= 0.3 is 0 Å². The molecule has 0 aromatic heterocycles. The van der Waals surface area contributed by atoms with Crippen LogP contribution in [0.15, 0.2) is 0 Å². The lowest BCUT2D eigenvalue weighted by Gasteiger charge is -2.37. The van der Waals surface area contributed by atoms with Crippen LogP contribution >= 0.6 is 12.4 Å². The van der Waals surface area contributed by atoms with Gasteiger partial charge in [0, 0.05) is 19.1 Å². The lowest BCUT2D eigenvalue weighted by molar-refractivity contribution is -0.128. The molecule has 2 aliphatic rings. The summed E-state index contributed by atoms with van der Waals surface area (Å²) in [7, 11) is -3.10.